The maximum absolute atomic E-state index is 15.5. The van der Waals surface area contributed by atoms with E-state index in [-0.39, 0.29) is 37.4 Å². The summed E-state index contributed by atoms with van der Waals surface area (Å²) in [6.45, 7) is 8.71. The van der Waals surface area contributed by atoms with Gasteiger partial charge in [0.1, 0.15) is 0 Å². The smallest absolute Gasteiger partial charge is 0.460 e. The molecule has 35 heteroatoms. The Hall–Kier alpha value is -4.42. The van der Waals surface area contributed by atoms with Crippen molar-refractivity contribution < 1.29 is 157 Å². The Bertz CT molecular complexity index is 2780. The second-order valence-electron chi connectivity index (χ2n) is 25.4. The Labute approximate surface area is 566 Å². The summed E-state index contributed by atoms with van der Waals surface area (Å²) >= 11 is 0. The third kappa shape index (κ3) is 20.4. The van der Waals surface area contributed by atoms with Crippen LogP contribution in [0.1, 0.15) is 63.9 Å². The molecule has 101 heavy (non-hydrogen) atoms. The van der Waals surface area contributed by atoms with E-state index in [1.165, 1.54) is 31.9 Å². The van der Waals surface area contributed by atoms with Crippen molar-refractivity contribution in [1.29, 1.82) is 0 Å². The molecule has 6 aliphatic rings. The van der Waals surface area contributed by atoms with Crippen LogP contribution in [0.3, 0.4) is 0 Å². The van der Waals surface area contributed by atoms with Crippen LogP contribution < -0.4 is 0 Å². The predicted octanol–water partition coefficient (Wildman–Crippen LogP) is 18.4. The molecule has 0 saturated heterocycles. The lowest BCUT2D eigenvalue weighted by Crippen LogP contribution is -2.71. The van der Waals surface area contributed by atoms with Crippen LogP contribution in [0, 0.1) is 71.0 Å². The first-order valence-corrected chi connectivity index (χ1v) is 32.3. The highest BCUT2D eigenvalue weighted by Gasteiger charge is 2.93. The molecular weight excluding hydrogens is 1430 g/mol. The van der Waals surface area contributed by atoms with E-state index in [4.69, 9.17) is 42.6 Å². The summed E-state index contributed by atoms with van der Waals surface area (Å²) in [7, 11) is 3.23. The molecule has 4 fully saturated rings. The third-order valence-electron chi connectivity index (χ3n) is 18.6. The van der Waals surface area contributed by atoms with Crippen LogP contribution in [0.15, 0.2) is 85.2 Å². The Morgan fingerprint density at radius 1 is 0.356 bits per heavy atom. The summed E-state index contributed by atoms with van der Waals surface area (Å²) in [5.74, 6) is -81.7. The van der Waals surface area contributed by atoms with Gasteiger partial charge in [0.2, 0.25) is 0 Å². The molecule has 0 heterocycles. The van der Waals surface area contributed by atoms with E-state index in [2.05, 4.69) is 12.2 Å². The zero-order chi connectivity index (χ0) is 75.7. The van der Waals surface area contributed by atoms with Gasteiger partial charge in [0.05, 0.1) is 105 Å². The number of hydrogen-bond acceptors (Lipinski definition) is 9. The Morgan fingerprint density at radius 2 is 0.752 bits per heavy atom. The first-order chi connectivity index (χ1) is 46.9. The molecule has 1 aromatic carbocycles. The number of fused-ring (bicyclic) bond motifs is 4. The van der Waals surface area contributed by atoms with Crippen molar-refractivity contribution in [3.63, 3.8) is 0 Å². The molecule has 12 atom stereocenters. The Morgan fingerprint density at radius 3 is 1.16 bits per heavy atom. The highest BCUT2D eigenvalue weighted by atomic mass is 19.4. The van der Waals surface area contributed by atoms with E-state index in [1.807, 2.05) is 42.5 Å². The van der Waals surface area contributed by atoms with E-state index in [9.17, 15) is 105 Å². The van der Waals surface area contributed by atoms with Crippen molar-refractivity contribution in [2.75, 3.05) is 113 Å². The standard InChI is InChI=1S/C38H47F13O5.C15H26O4.C13H9F13/c1-3-53-14-13-30-22-28(24-32(30)33(39,40)34(41,42)35(43,44)36(45,46)37(47,48)38(49,50)51)10-9-27-21-29(12-11-26-7-5-4-6-8-26)31(23-27)25-56-20-19-55-18-17-54-16-15-52-2;1-16-4-5-17-6-7-18-8-9-19-12-15-11-13-2-3-14(15)10-13;14-8(15,7-4-5-1-2-6(7)3-5)9(16,17)10(18,19)11(20,21)12(22,23)13(24,25)26/h4-14,27-32H,3,15-25H2,1-2H3;2-3,13-15H,4-12H2,1H3;1-2,5-7H,3-4H2/b10-9+,12-11-,14-13-;;. The van der Waals surface area contributed by atoms with E-state index < -0.39 is 126 Å². The van der Waals surface area contributed by atoms with Crippen molar-refractivity contribution in [2.45, 2.75) is 130 Å². The van der Waals surface area contributed by atoms with Crippen LogP contribution >= 0.6 is 0 Å². The highest BCUT2D eigenvalue weighted by Crippen LogP contribution is 2.66. The fourth-order valence-corrected chi connectivity index (χ4v) is 13.0. The van der Waals surface area contributed by atoms with Gasteiger partial charge in [0.25, 0.3) is 0 Å². The Kier molecular flexibility index (Phi) is 31.3. The van der Waals surface area contributed by atoms with E-state index in [1.54, 1.807) is 20.3 Å². The minimum Gasteiger partial charge on any atom is -0.502 e. The van der Waals surface area contributed by atoms with Crippen molar-refractivity contribution in [3.05, 3.63) is 90.8 Å². The van der Waals surface area contributed by atoms with Gasteiger partial charge in [-0.25, -0.2) is 0 Å². The van der Waals surface area contributed by atoms with Crippen molar-refractivity contribution in [1.82, 2.24) is 0 Å². The zero-order valence-electron chi connectivity index (χ0n) is 54.9. The summed E-state index contributed by atoms with van der Waals surface area (Å²) in [5.41, 5.74) is 0.929. The topological polar surface area (TPSA) is 83.1 Å². The highest BCUT2D eigenvalue weighted by molar-refractivity contribution is 5.49. The Balaban J connectivity index is 0.000000331. The van der Waals surface area contributed by atoms with Gasteiger partial charge < -0.3 is 42.6 Å². The maximum atomic E-state index is 15.5. The molecule has 0 aromatic heterocycles. The van der Waals surface area contributed by atoms with Crippen molar-refractivity contribution in [3.8, 4) is 0 Å². The van der Waals surface area contributed by atoms with Gasteiger partial charge in [-0.1, -0.05) is 78.9 Å². The average Bonchev–Trinajstić information content (AvgIpc) is 0.962. The van der Waals surface area contributed by atoms with Gasteiger partial charge in [-0.3, -0.25) is 0 Å². The van der Waals surface area contributed by atoms with Crippen LogP contribution in [-0.4, -0.2) is 185 Å². The molecule has 0 radical (unpaired) electrons. The number of halogens is 26. The van der Waals surface area contributed by atoms with E-state index >= 15 is 8.78 Å². The fraction of sp³-hybridized carbons (Fsp3) is 0.758. The quantitative estimate of drug-likeness (QED) is 0.0277. The predicted molar refractivity (Wildman–Crippen MR) is 313 cm³/mol. The van der Waals surface area contributed by atoms with Crippen LogP contribution in [0.25, 0.3) is 6.08 Å². The molecule has 6 aliphatic carbocycles. The van der Waals surface area contributed by atoms with Gasteiger partial charge in [0, 0.05) is 26.1 Å². The minimum absolute atomic E-state index is 0.0260. The molecule has 7 rings (SSSR count). The summed E-state index contributed by atoms with van der Waals surface area (Å²) in [5, 5.41) is 0. The molecule has 0 spiro atoms. The zero-order valence-corrected chi connectivity index (χ0v) is 54.9. The monoisotopic (exact) mass is 1510 g/mol. The number of allylic oxidation sites excluding steroid dienone is 8. The molecule has 4 bridgehead atoms. The number of rotatable bonds is 39. The van der Waals surface area contributed by atoms with Gasteiger partial charge in [-0.2, -0.15) is 114 Å². The summed E-state index contributed by atoms with van der Waals surface area (Å²) in [4.78, 5) is 0. The van der Waals surface area contributed by atoms with Gasteiger partial charge in [0.15, 0.2) is 0 Å². The molecule has 9 nitrogen and oxygen atoms in total. The van der Waals surface area contributed by atoms with Gasteiger partial charge >= 0.3 is 71.6 Å². The minimum atomic E-state index is -7.94. The lowest BCUT2D eigenvalue weighted by Gasteiger charge is -2.42. The van der Waals surface area contributed by atoms with E-state index in [0.29, 0.717) is 92.1 Å². The normalized spacial score (nSPS) is 26.3. The molecular formula is C66H82F26O9. The molecule has 1 aromatic rings. The molecule has 582 valence electrons. The molecule has 4 saturated carbocycles. The first kappa shape index (κ1) is 87.2. The number of hydrogen-bond donors (Lipinski definition) is 0. The summed E-state index contributed by atoms with van der Waals surface area (Å²) < 4.78 is 400. The fourth-order valence-electron chi connectivity index (χ4n) is 13.0. The molecule has 0 amide bonds. The average molecular weight is 1510 g/mol. The van der Waals surface area contributed by atoms with Crippen molar-refractivity contribution >= 4 is 6.08 Å². The maximum Gasteiger partial charge on any atom is 0.460 e. The number of ether oxygens (including phenoxy) is 9. The molecule has 12 unspecified atom stereocenters. The van der Waals surface area contributed by atoms with Crippen LogP contribution in [0.5, 0.6) is 0 Å². The van der Waals surface area contributed by atoms with Crippen LogP contribution in [-0.2, 0) is 42.6 Å². The van der Waals surface area contributed by atoms with E-state index in [0.717, 1.165) is 48.3 Å². The largest absolute Gasteiger partial charge is 0.502 e. The number of benzene rings is 1. The second kappa shape index (κ2) is 36.2. The van der Waals surface area contributed by atoms with Gasteiger partial charge in [-0.15, -0.1) is 0 Å². The SMILES string of the molecule is CCO/C=C\C1CC(/C=C/C2CC(/C=C\c3ccccc3)C(COCCOCCOCCOC)C2)CC1C(F)(F)C(F)(F)C(F)(F)C(F)(F)C(F)(F)C(F)(F)F.COCCOCCOCCOCC1CC2C=CC1C2.FC(F)(F)C(F)(F)C(F)(F)C(F)(F)C(F)(F)C(F)(F)C1CC2C=CC1C2. The summed E-state index contributed by atoms with van der Waals surface area (Å²) in [6, 6.07) is 9.37. The molecule has 0 aliphatic heterocycles. The summed E-state index contributed by atoms with van der Waals surface area (Å²) in [6.07, 6.45) is 2.20. The second-order valence-corrected chi connectivity index (χ2v) is 25.4. The lowest BCUT2D eigenvalue weighted by atomic mass is 9.81. The van der Waals surface area contributed by atoms with Crippen molar-refractivity contribution in [2.24, 2.45) is 71.0 Å². The number of alkyl halides is 26. The van der Waals surface area contributed by atoms with Crippen LogP contribution in [0.2, 0.25) is 0 Å². The van der Waals surface area contributed by atoms with Gasteiger partial charge in [-0.05, 0) is 129 Å². The third-order valence-corrected chi connectivity index (χ3v) is 18.6. The van der Waals surface area contributed by atoms with Crippen LogP contribution in [0.4, 0.5) is 114 Å². The molecule has 0 N–H and O–H groups in total. The first-order valence-electron chi connectivity index (χ1n) is 32.3. The number of methoxy groups -OCH3 is 2. The lowest BCUT2D eigenvalue weighted by molar-refractivity contribution is -0.443.